The molecule has 460 valence electrons. The van der Waals surface area contributed by atoms with Gasteiger partial charge in [-0.2, -0.15) is 0 Å². The first kappa shape index (κ1) is 76.5. The average molecular weight is 1120 g/mol. The molecular weight excluding hydrogens is 997 g/mol. The molecule has 0 saturated carbocycles. The van der Waals surface area contributed by atoms with Crippen molar-refractivity contribution in [1.29, 1.82) is 0 Å². The van der Waals surface area contributed by atoms with Gasteiger partial charge in [-0.3, -0.25) is 14.4 Å². The zero-order chi connectivity index (χ0) is 58.5. The highest BCUT2D eigenvalue weighted by Gasteiger charge is 2.19. The van der Waals surface area contributed by atoms with Gasteiger partial charge in [0.15, 0.2) is 6.10 Å². The van der Waals surface area contributed by atoms with Gasteiger partial charge >= 0.3 is 17.9 Å². The summed E-state index contributed by atoms with van der Waals surface area (Å²) in [5.74, 6) is -0.926. The number of ether oxygens (including phenoxy) is 3. The highest BCUT2D eigenvalue weighted by atomic mass is 16.6. The van der Waals surface area contributed by atoms with Gasteiger partial charge in [-0.1, -0.05) is 296 Å². The highest BCUT2D eigenvalue weighted by Crippen LogP contribution is 2.15. The van der Waals surface area contributed by atoms with E-state index >= 15 is 0 Å². The van der Waals surface area contributed by atoms with Crippen molar-refractivity contribution in [3.8, 4) is 0 Å². The Bertz CT molecular complexity index is 1720. The number of allylic oxidation sites excluding steroid dienone is 22. The third kappa shape index (κ3) is 66.2. The van der Waals surface area contributed by atoms with Crippen molar-refractivity contribution < 1.29 is 28.6 Å². The molecule has 0 aromatic heterocycles. The molecule has 6 nitrogen and oxygen atoms in total. The van der Waals surface area contributed by atoms with E-state index in [0.29, 0.717) is 19.3 Å². The van der Waals surface area contributed by atoms with Crippen LogP contribution in [0.1, 0.15) is 303 Å². The van der Waals surface area contributed by atoms with Crippen molar-refractivity contribution in [2.24, 2.45) is 0 Å². The lowest BCUT2D eigenvalue weighted by molar-refractivity contribution is -0.167. The van der Waals surface area contributed by atoms with Gasteiger partial charge in [0, 0.05) is 19.3 Å². The second-order valence-electron chi connectivity index (χ2n) is 22.0. The van der Waals surface area contributed by atoms with Crippen LogP contribution in [-0.4, -0.2) is 37.2 Å². The monoisotopic (exact) mass is 1120 g/mol. The molecule has 0 heterocycles. The number of hydrogen-bond acceptors (Lipinski definition) is 6. The zero-order valence-electron chi connectivity index (χ0n) is 52.8. The summed E-state index contributed by atoms with van der Waals surface area (Å²) < 4.78 is 16.9. The summed E-state index contributed by atoms with van der Waals surface area (Å²) >= 11 is 0. The third-order valence-corrected chi connectivity index (χ3v) is 14.1. The Kier molecular flexibility index (Phi) is 64.3. The van der Waals surface area contributed by atoms with Gasteiger partial charge in [0.2, 0.25) is 0 Å². The molecule has 0 N–H and O–H groups in total. The SMILES string of the molecule is CC/C=C\C/C=C\C/C=C\C/C=C\C/C=C\C/C=C\C/C=C\C/C=C\C/C=C\CCCCCC(=O)OCC(COC(=O)CCCCCCCCCCCCC)OC(=O)CCCCCCCCCCC/C=C\C/C=C\CCCCCCC. The van der Waals surface area contributed by atoms with E-state index in [1.165, 1.54) is 135 Å². The maximum atomic E-state index is 12.9. The summed E-state index contributed by atoms with van der Waals surface area (Å²) in [6, 6.07) is 0. The maximum absolute atomic E-state index is 12.9. The molecule has 0 aromatic rings. The molecule has 1 unspecified atom stereocenters. The van der Waals surface area contributed by atoms with E-state index in [1.54, 1.807) is 0 Å². The van der Waals surface area contributed by atoms with Crippen LogP contribution in [0.5, 0.6) is 0 Å². The highest BCUT2D eigenvalue weighted by molar-refractivity contribution is 5.71. The Morgan fingerprint density at radius 2 is 0.481 bits per heavy atom. The zero-order valence-corrected chi connectivity index (χ0v) is 52.8. The number of carbonyl (C=O) groups excluding carboxylic acids is 3. The van der Waals surface area contributed by atoms with Crippen molar-refractivity contribution >= 4 is 17.9 Å². The molecule has 0 aliphatic rings. The van der Waals surface area contributed by atoms with Crippen LogP contribution < -0.4 is 0 Å². The van der Waals surface area contributed by atoms with Crippen molar-refractivity contribution in [3.63, 3.8) is 0 Å². The first-order chi connectivity index (χ1) is 40.0. The topological polar surface area (TPSA) is 78.9 Å². The van der Waals surface area contributed by atoms with Gasteiger partial charge in [0.05, 0.1) is 0 Å². The summed E-state index contributed by atoms with van der Waals surface area (Å²) in [5, 5.41) is 0. The lowest BCUT2D eigenvalue weighted by atomic mass is 10.1. The molecule has 6 heteroatoms. The standard InChI is InChI=1S/C75H124O6/c1-4-7-10-13-16-19-22-24-26-28-30-32-33-34-35-36-37-38-39-40-41-43-44-46-48-50-53-56-59-62-65-68-74(77)80-71-72(70-79-73(76)67-64-61-58-55-52-21-18-15-12-9-6-3)81-75(78)69-66-63-60-57-54-51-49-47-45-42-31-29-27-25-23-20-17-14-11-8-5-2/h7,10,16,19,23-26,29-32,34-35,37-38,40-41,44,46,50,53,72H,4-6,8-9,11-15,17-18,20-22,27-28,33,36,39,42-43,45,47-49,51-52,54-71H2,1-3H3/b10-7-,19-16-,25-23-,26-24-,31-29-,32-30-,35-34-,38-37-,41-40-,46-44-,53-50-. The van der Waals surface area contributed by atoms with Crippen LogP contribution in [0, 0.1) is 0 Å². The van der Waals surface area contributed by atoms with Crippen molar-refractivity contribution in [2.45, 2.75) is 309 Å². The van der Waals surface area contributed by atoms with Gasteiger partial charge in [-0.25, -0.2) is 0 Å². The molecule has 1 atom stereocenters. The average Bonchev–Trinajstić information content (AvgIpc) is 3.47. The van der Waals surface area contributed by atoms with Crippen LogP contribution in [0.15, 0.2) is 134 Å². The molecule has 0 saturated heterocycles. The molecule has 0 spiro atoms. The summed E-state index contributed by atoms with van der Waals surface area (Å²) in [4.78, 5) is 38.3. The lowest BCUT2D eigenvalue weighted by Crippen LogP contribution is -2.30. The van der Waals surface area contributed by atoms with Gasteiger partial charge in [0.1, 0.15) is 13.2 Å². The summed E-state index contributed by atoms with van der Waals surface area (Å²) in [6.45, 7) is 6.49. The Hall–Kier alpha value is -4.45. The van der Waals surface area contributed by atoms with Crippen molar-refractivity contribution in [3.05, 3.63) is 134 Å². The van der Waals surface area contributed by atoms with Gasteiger partial charge in [0.25, 0.3) is 0 Å². The van der Waals surface area contributed by atoms with Gasteiger partial charge in [-0.05, 0) is 122 Å². The molecule has 0 aliphatic heterocycles. The van der Waals surface area contributed by atoms with Crippen LogP contribution in [0.3, 0.4) is 0 Å². The molecule has 0 aromatic carbocycles. The van der Waals surface area contributed by atoms with Gasteiger partial charge < -0.3 is 14.2 Å². The molecular formula is C75H124O6. The van der Waals surface area contributed by atoms with Crippen LogP contribution >= 0.6 is 0 Å². The van der Waals surface area contributed by atoms with Crippen LogP contribution in [0.2, 0.25) is 0 Å². The fourth-order valence-electron chi connectivity index (χ4n) is 9.11. The minimum Gasteiger partial charge on any atom is -0.462 e. The summed E-state index contributed by atoms with van der Waals surface area (Å²) in [6.07, 6.45) is 96.1. The fourth-order valence-corrected chi connectivity index (χ4v) is 9.11. The van der Waals surface area contributed by atoms with E-state index in [-0.39, 0.29) is 31.1 Å². The van der Waals surface area contributed by atoms with Crippen LogP contribution in [0.25, 0.3) is 0 Å². The normalized spacial score (nSPS) is 13.0. The van der Waals surface area contributed by atoms with E-state index in [4.69, 9.17) is 14.2 Å². The predicted octanol–water partition coefficient (Wildman–Crippen LogP) is 23.3. The largest absolute Gasteiger partial charge is 0.462 e. The number of unbranched alkanes of at least 4 members (excludes halogenated alkanes) is 27. The Morgan fingerprint density at radius 3 is 0.765 bits per heavy atom. The predicted molar refractivity (Wildman–Crippen MR) is 353 cm³/mol. The molecule has 0 rings (SSSR count). The van der Waals surface area contributed by atoms with E-state index in [2.05, 4.69) is 154 Å². The lowest BCUT2D eigenvalue weighted by Gasteiger charge is -2.18. The molecule has 0 aliphatic carbocycles. The van der Waals surface area contributed by atoms with E-state index in [0.717, 1.165) is 128 Å². The van der Waals surface area contributed by atoms with Crippen LogP contribution in [-0.2, 0) is 28.6 Å². The minimum absolute atomic E-state index is 0.0912. The fraction of sp³-hybridized carbons (Fsp3) is 0.667. The smallest absolute Gasteiger partial charge is 0.306 e. The number of hydrogen-bond donors (Lipinski definition) is 0. The molecule has 0 bridgehead atoms. The molecule has 81 heavy (non-hydrogen) atoms. The Balaban J connectivity index is 4.36. The second-order valence-corrected chi connectivity index (χ2v) is 22.0. The summed E-state index contributed by atoms with van der Waals surface area (Å²) in [5.41, 5.74) is 0. The number of rotatable bonds is 60. The van der Waals surface area contributed by atoms with E-state index in [1.807, 2.05) is 0 Å². The first-order valence-corrected chi connectivity index (χ1v) is 33.7. The van der Waals surface area contributed by atoms with Crippen molar-refractivity contribution in [1.82, 2.24) is 0 Å². The first-order valence-electron chi connectivity index (χ1n) is 33.7. The third-order valence-electron chi connectivity index (χ3n) is 14.1. The van der Waals surface area contributed by atoms with E-state index in [9.17, 15) is 14.4 Å². The van der Waals surface area contributed by atoms with E-state index < -0.39 is 6.10 Å². The second kappa shape index (κ2) is 68.1. The summed E-state index contributed by atoms with van der Waals surface area (Å²) in [7, 11) is 0. The number of carbonyl (C=O) groups is 3. The van der Waals surface area contributed by atoms with Gasteiger partial charge in [-0.15, -0.1) is 0 Å². The molecule has 0 radical (unpaired) electrons. The minimum atomic E-state index is -0.798. The van der Waals surface area contributed by atoms with Crippen molar-refractivity contribution in [2.75, 3.05) is 13.2 Å². The quantitative estimate of drug-likeness (QED) is 0.0261. The maximum Gasteiger partial charge on any atom is 0.306 e. The Morgan fingerprint density at radius 1 is 0.259 bits per heavy atom. The molecule has 0 amide bonds. The van der Waals surface area contributed by atoms with Crippen LogP contribution in [0.4, 0.5) is 0 Å². The molecule has 0 fully saturated rings. The Labute approximate surface area is 500 Å². The number of esters is 3.